The lowest BCUT2D eigenvalue weighted by atomic mass is 9.87. The molecule has 2 heterocycles. The fraction of sp³-hybridized carbons (Fsp3) is 0.533. The Morgan fingerprint density at radius 1 is 1.20 bits per heavy atom. The fourth-order valence-corrected chi connectivity index (χ4v) is 3.08. The van der Waals surface area contributed by atoms with Crippen LogP contribution in [0.3, 0.4) is 0 Å². The number of nitrogens with two attached hydrogens (primary N) is 1. The van der Waals surface area contributed by atoms with Gasteiger partial charge in [0.05, 0.1) is 11.0 Å². The molecule has 1 saturated heterocycles. The Kier molecular flexibility index (Phi) is 3.40. The Morgan fingerprint density at radius 2 is 1.85 bits per heavy atom. The van der Waals surface area contributed by atoms with Crippen molar-refractivity contribution in [3.63, 3.8) is 0 Å². The smallest absolute Gasteiger partial charge is 0.328 e. The number of fused-ring (bicyclic) bond motifs is 1. The van der Waals surface area contributed by atoms with Crippen LogP contribution in [0, 0.1) is 5.92 Å². The Bertz CT molecular complexity index is 680. The van der Waals surface area contributed by atoms with E-state index in [0.717, 1.165) is 42.7 Å². The maximum absolute atomic E-state index is 11.9. The van der Waals surface area contributed by atoms with Crippen molar-refractivity contribution in [3.05, 3.63) is 34.2 Å². The molecule has 0 amide bonds. The lowest BCUT2D eigenvalue weighted by Gasteiger charge is -2.27. The molecule has 20 heavy (non-hydrogen) atoms. The van der Waals surface area contributed by atoms with Crippen LogP contribution in [0.1, 0.15) is 24.4 Å². The third-order valence-electron chi connectivity index (χ3n) is 4.45. The summed E-state index contributed by atoms with van der Waals surface area (Å²) >= 11 is 0. The topological polar surface area (TPSA) is 62.2 Å². The zero-order valence-corrected chi connectivity index (χ0v) is 12.0. The van der Waals surface area contributed by atoms with E-state index in [2.05, 4.69) is 6.07 Å². The van der Waals surface area contributed by atoms with Crippen LogP contribution < -0.4 is 11.4 Å². The summed E-state index contributed by atoms with van der Waals surface area (Å²) in [6, 6.07) is 6.10. The van der Waals surface area contributed by atoms with Crippen LogP contribution in [0.4, 0.5) is 0 Å². The molecule has 0 aliphatic carbocycles. The Hall–Kier alpha value is -1.59. The minimum atomic E-state index is -0.00297. The monoisotopic (exact) mass is 275 g/mol. The van der Waals surface area contributed by atoms with Gasteiger partial charge in [-0.3, -0.25) is 9.13 Å². The van der Waals surface area contributed by atoms with E-state index in [0.29, 0.717) is 5.92 Å². The number of nitrogens with zero attached hydrogens (tertiary/aromatic N) is 2. The van der Waals surface area contributed by atoms with Gasteiger partial charge in [0.15, 0.2) is 0 Å². The van der Waals surface area contributed by atoms with Gasteiger partial charge < -0.3 is 10.5 Å². The molecule has 2 N–H and O–H groups in total. The van der Waals surface area contributed by atoms with E-state index in [-0.39, 0.29) is 11.7 Å². The summed E-state index contributed by atoms with van der Waals surface area (Å²) in [4.78, 5) is 11.9. The van der Waals surface area contributed by atoms with Crippen LogP contribution in [0.15, 0.2) is 23.0 Å². The third-order valence-corrected chi connectivity index (χ3v) is 4.45. The molecule has 1 aromatic carbocycles. The molecule has 0 radical (unpaired) electrons. The molecule has 1 fully saturated rings. The van der Waals surface area contributed by atoms with Crippen molar-refractivity contribution in [1.82, 2.24) is 9.13 Å². The number of rotatable bonds is 2. The average molecular weight is 275 g/mol. The largest absolute Gasteiger partial charge is 0.381 e. The predicted octanol–water partition coefficient (Wildman–Crippen LogP) is 1.30. The molecule has 0 saturated carbocycles. The molecule has 0 bridgehead atoms. The fourth-order valence-electron chi connectivity index (χ4n) is 3.08. The number of imidazole rings is 1. The van der Waals surface area contributed by atoms with E-state index in [1.54, 1.807) is 23.2 Å². The highest BCUT2D eigenvalue weighted by molar-refractivity contribution is 5.77. The van der Waals surface area contributed by atoms with Gasteiger partial charge in [-0.15, -0.1) is 0 Å². The summed E-state index contributed by atoms with van der Waals surface area (Å²) in [5.74, 6) is 0.460. The summed E-state index contributed by atoms with van der Waals surface area (Å²) in [6.07, 6.45) is 2.01. The van der Waals surface area contributed by atoms with Crippen LogP contribution in [-0.4, -0.2) is 22.3 Å². The van der Waals surface area contributed by atoms with Crippen LogP contribution >= 0.6 is 0 Å². The van der Waals surface area contributed by atoms with E-state index in [1.807, 2.05) is 12.1 Å². The molecule has 1 unspecified atom stereocenters. The molecule has 1 atom stereocenters. The second-order valence-corrected chi connectivity index (χ2v) is 5.62. The van der Waals surface area contributed by atoms with Crippen molar-refractivity contribution >= 4 is 11.0 Å². The Morgan fingerprint density at radius 3 is 2.55 bits per heavy atom. The van der Waals surface area contributed by atoms with Gasteiger partial charge in [-0.05, 0) is 36.5 Å². The second-order valence-electron chi connectivity index (χ2n) is 5.62. The maximum atomic E-state index is 11.9. The van der Waals surface area contributed by atoms with Gasteiger partial charge in [0.25, 0.3) is 0 Å². The first-order valence-corrected chi connectivity index (χ1v) is 7.08. The first-order chi connectivity index (χ1) is 9.59. The first-order valence-electron chi connectivity index (χ1n) is 7.08. The highest BCUT2D eigenvalue weighted by Crippen LogP contribution is 2.29. The van der Waals surface area contributed by atoms with E-state index < -0.39 is 0 Å². The number of ether oxygens (including phenoxy) is 1. The normalized spacial score (nSPS) is 18.6. The lowest BCUT2D eigenvalue weighted by Crippen LogP contribution is -2.27. The zero-order valence-electron chi connectivity index (χ0n) is 12.0. The van der Waals surface area contributed by atoms with Gasteiger partial charge in [-0.1, -0.05) is 6.07 Å². The Labute approximate surface area is 117 Å². The quantitative estimate of drug-likeness (QED) is 0.898. The van der Waals surface area contributed by atoms with E-state index >= 15 is 0 Å². The lowest BCUT2D eigenvalue weighted by molar-refractivity contribution is 0.0584. The summed E-state index contributed by atoms with van der Waals surface area (Å²) < 4.78 is 8.73. The molecule has 1 aliphatic heterocycles. The molecule has 5 heteroatoms. The molecule has 2 aromatic rings. The van der Waals surface area contributed by atoms with E-state index in [9.17, 15) is 4.79 Å². The highest BCUT2D eigenvalue weighted by Gasteiger charge is 2.23. The minimum Gasteiger partial charge on any atom is -0.381 e. The molecule has 5 nitrogen and oxygen atoms in total. The molecule has 1 aromatic heterocycles. The number of aromatic nitrogens is 2. The molecule has 0 spiro atoms. The minimum absolute atomic E-state index is 0.00297. The Balaban J connectivity index is 2.00. The van der Waals surface area contributed by atoms with Gasteiger partial charge in [0.1, 0.15) is 0 Å². The molecule has 108 valence electrons. The summed E-state index contributed by atoms with van der Waals surface area (Å²) in [6.45, 7) is 1.59. The van der Waals surface area contributed by atoms with Crippen LogP contribution in [0.2, 0.25) is 0 Å². The first kappa shape index (κ1) is 13.4. The second kappa shape index (κ2) is 5.07. The number of benzene rings is 1. The van der Waals surface area contributed by atoms with Crippen molar-refractivity contribution in [2.24, 2.45) is 25.7 Å². The standard InChI is InChI=1S/C15H21N3O2/c1-17-12-4-3-11(9-13(12)18(2)15(17)19)14(16)10-5-7-20-8-6-10/h3-4,9-10,14H,5-8,16H2,1-2H3. The average Bonchev–Trinajstić information content (AvgIpc) is 2.72. The molecule has 1 aliphatic rings. The van der Waals surface area contributed by atoms with E-state index in [4.69, 9.17) is 10.5 Å². The van der Waals surface area contributed by atoms with Gasteiger partial charge >= 0.3 is 5.69 Å². The van der Waals surface area contributed by atoms with Gasteiger partial charge in [0.2, 0.25) is 0 Å². The maximum Gasteiger partial charge on any atom is 0.328 e. The molecule has 3 rings (SSSR count). The summed E-state index contributed by atoms with van der Waals surface area (Å²) in [5.41, 5.74) is 9.39. The van der Waals surface area contributed by atoms with E-state index in [1.165, 1.54) is 0 Å². The number of hydrogen-bond donors (Lipinski definition) is 1. The van der Waals surface area contributed by atoms with Crippen molar-refractivity contribution in [2.75, 3.05) is 13.2 Å². The summed E-state index contributed by atoms with van der Waals surface area (Å²) in [5, 5.41) is 0. The van der Waals surface area contributed by atoms with Crippen LogP contribution in [0.5, 0.6) is 0 Å². The van der Waals surface area contributed by atoms with Gasteiger partial charge in [0, 0.05) is 33.4 Å². The predicted molar refractivity (Wildman–Crippen MR) is 78.6 cm³/mol. The van der Waals surface area contributed by atoms with Crippen LogP contribution in [0.25, 0.3) is 11.0 Å². The number of hydrogen-bond acceptors (Lipinski definition) is 3. The van der Waals surface area contributed by atoms with Crippen molar-refractivity contribution in [3.8, 4) is 0 Å². The van der Waals surface area contributed by atoms with Gasteiger partial charge in [-0.25, -0.2) is 4.79 Å². The van der Waals surface area contributed by atoms with Crippen molar-refractivity contribution < 1.29 is 4.74 Å². The summed E-state index contributed by atoms with van der Waals surface area (Å²) in [7, 11) is 3.59. The van der Waals surface area contributed by atoms with Crippen molar-refractivity contribution in [1.29, 1.82) is 0 Å². The highest BCUT2D eigenvalue weighted by atomic mass is 16.5. The number of aryl methyl sites for hydroxylation is 2. The zero-order chi connectivity index (χ0) is 14.3. The molecular formula is C15H21N3O2. The molecular weight excluding hydrogens is 254 g/mol. The van der Waals surface area contributed by atoms with Crippen LogP contribution in [-0.2, 0) is 18.8 Å². The van der Waals surface area contributed by atoms with Crippen molar-refractivity contribution in [2.45, 2.75) is 18.9 Å². The SMILES string of the molecule is Cn1c(=O)n(C)c2cc(C(N)C3CCOCC3)ccc21. The third kappa shape index (κ3) is 2.07. The van der Waals surface area contributed by atoms with Gasteiger partial charge in [-0.2, -0.15) is 0 Å².